The molecule has 0 atom stereocenters. The van der Waals surface area contributed by atoms with E-state index < -0.39 is 0 Å². The van der Waals surface area contributed by atoms with Crippen LogP contribution in [0.15, 0.2) is 47.8 Å². The minimum atomic E-state index is 0.0634. The minimum Gasteiger partial charge on any atom is -0.489 e. The molecule has 5 nitrogen and oxygen atoms in total. The molecule has 0 fully saturated rings. The van der Waals surface area contributed by atoms with Crippen molar-refractivity contribution in [1.82, 2.24) is 4.98 Å². The first-order chi connectivity index (χ1) is 9.19. The highest BCUT2D eigenvalue weighted by Gasteiger charge is 2.00. The Kier molecular flexibility index (Phi) is 4.20. The van der Waals surface area contributed by atoms with Crippen LogP contribution in [0, 0.1) is 0 Å². The van der Waals surface area contributed by atoms with Crippen LogP contribution in [0.2, 0.25) is 5.15 Å². The van der Waals surface area contributed by atoms with Crippen LogP contribution in [0.4, 0.5) is 0 Å². The lowest BCUT2D eigenvalue weighted by molar-refractivity contribution is 0.305. The molecule has 2 rings (SSSR count). The number of oxime groups is 1. The molecule has 1 heterocycles. The Morgan fingerprint density at radius 2 is 2.00 bits per heavy atom. The number of nitrogens with zero attached hydrogens (tertiary/aromatic N) is 2. The van der Waals surface area contributed by atoms with Gasteiger partial charge in [0, 0.05) is 17.3 Å². The highest BCUT2D eigenvalue weighted by molar-refractivity contribution is 6.29. The molecule has 0 saturated heterocycles. The van der Waals surface area contributed by atoms with Gasteiger partial charge in [-0.15, -0.1) is 0 Å². The van der Waals surface area contributed by atoms with Gasteiger partial charge in [-0.3, -0.25) is 0 Å². The highest BCUT2D eigenvalue weighted by atomic mass is 35.5. The quantitative estimate of drug-likeness (QED) is 0.296. The third-order valence-corrected chi connectivity index (χ3v) is 2.68. The summed E-state index contributed by atoms with van der Waals surface area (Å²) in [5.74, 6) is 0.748. The lowest BCUT2D eigenvalue weighted by Crippen LogP contribution is -2.12. The van der Waals surface area contributed by atoms with Gasteiger partial charge in [-0.2, -0.15) is 0 Å². The Hall–Kier alpha value is -2.27. The van der Waals surface area contributed by atoms with Crippen molar-refractivity contribution in [3.8, 4) is 5.75 Å². The molecule has 0 unspecified atom stereocenters. The topological polar surface area (TPSA) is 80.7 Å². The van der Waals surface area contributed by atoms with Gasteiger partial charge in [0.25, 0.3) is 0 Å². The van der Waals surface area contributed by atoms with E-state index in [9.17, 15) is 0 Å². The molecule has 0 aliphatic rings. The van der Waals surface area contributed by atoms with Gasteiger partial charge in [0.2, 0.25) is 0 Å². The number of hydrogen-bond acceptors (Lipinski definition) is 4. The molecular weight excluding hydrogens is 266 g/mol. The maximum absolute atomic E-state index is 8.55. The van der Waals surface area contributed by atoms with Crippen molar-refractivity contribution in [2.45, 2.75) is 6.61 Å². The average molecular weight is 278 g/mol. The summed E-state index contributed by atoms with van der Waals surface area (Å²) >= 11 is 5.69. The van der Waals surface area contributed by atoms with Gasteiger partial charge in [-0.1, -0.05) is 22.8 Å². The van der Waals surface area contributed by atoms with E-state index in [1.54, 1.807) is 36.5 Å². The van der Waals surface area contributed by atoms with Crippen LogP contribution in [0.5, 0.6) is 5.75 Å². The zero-order valence-corrected chi connectivity index (χ0v) is 10.7. The van der Waals surface area contributed by atoms with Crippen LogP contribution >= 0.6 is 11.6 Å². The molecule has 0 amide bonds. The van der Waals surface area contributed by atoms with Gasteiger partial charge in [-0.05, 0) is 30.3 Å². The molecule has 98 valence electrons. The summed E-state index contributed by atoms with van der Waals surface area (Å²) in [6.07, 6.45) is 1.66. The lowest BCUT2D eigenvalue weighted by Gasteiger charge is -2.06. The SMILES string of the molecule is N/C(=N/O)c1ccc(OCc2ccc(Cl)nc2)cc1. The summed E-state index contributed by atoms with van der Waals surface area (Å²) in [6, 6.07) is 10.5. The van der Waals surface area contributed by atoms with Gasteiger partial charge < -0.3 is 15.7 Å². The number of rotatable bonds is 4. The fraction of sp³-hybridized carbons (Fsp3) is 0.0769. The number of hydrogen-bond donors (Lipinski definition) is 2. The van der Waals surface area contributed by atoms with E-state index in [1.165, 1.54) is 0 Å². The molecule has 0 aliphatic carbocycles. The fourth-order valence-electron chi connectivity index (χ4n) is 1.44. The maximum Gasteiger partial charge on any atom is 0.170 e. The summed E-state index contributed by atoms with van der Waals surface area (Å²) in [4.78, 5) is 3.97. The fourth-order valence-corrected chi connectivity index (χ4v) is 1.55. The van der Waals surface area contributed by atoms with E-state index in [0.29, 0.717) is 23.1 Å². The monoisotopic (exact) mass is 277 g/mol. The molecule has 3 N–H and O–H groups in total. The number of pyridine rings is 1. The summed E-state index contributed by atoms with van der Waals surface area (Å²) in [5.41, 5.74) is 7.01. The largest absolute Gasteiger partial charge is 0.489 e. The van der Waals surface area contributed by atoms with Gasteiger partial charge >= 0.3 is 0 Å². The minimum absolute atomic E-state index is 0.0634. The second-order valence-corrected chi connectivity index (χ2v) is 4.17. The number of amidine groups is 1. The second-order valence-electron chi connectivity index (χ2n) is 3.79. The predicted molar refractivity (Wildman–Crippen MR) is 72.5 cm³/mol. The van der Waals surface area contributed by atoms with Crippen LogP contribution in [-0.2, 0) is 6.61 Å². The average Bonchev–Trinajstić information content (AvgIpc) is 2.46. The third-order valence-electron chi connectivity index (χ3n) is 2.45. The van der Waals surface area contributed by atoms with Crippen molar-refractivity contribution in [2.24, 2.45) is 10.9 Å². The van der Waals surface area contributed by atoms with E-state index >= 15 is 0 Å². The summed E-state index contributed by atoms with van der Waals surface area (Å²) in [5, 5.41) is 11.9. The van der Waals surface area contributed by atoms with Gasteiger partial charge in [0.05, 0.1) is 0 Å². The third kappa shape index (κ3) is 3.59. The first kappa shape index (κ1) is 13.2. The van der Waals surface area contributed by atoms with Gasteiger partial charge in [0.15, 0.2) is 5.84 Å². The zero-order valence-electron chi connectivity index (χ0n) is 9.95. The van der Waals surface area contributed by atoms with E-state index in [0.717, 1.165) is 5.56 Å². The van der Waals surface area contributed by atoms with Crippen LogP contribution in [0.3, 0.4) is 0 Å². The Labute approximate surface area is 115 Å². The molecule has 1 aromatic carbocycles. The summed E-state index contributed by atoms with van der Waals surface area (Å²) in [7, 11) is 0. The van der Waals surface area contributed by atoms with Crippen molar-refractivity contribution >= 4 is 17.4 Å². The maximum atomic E-state index is 8.55. The number of benzene rings is 1. The number of ether oxygens (including phenoxy) is 1. The second kappa shape index (κ2) is 6.06. The Morgan fingerprint density at radius 3 is 2.58 bits per heavy atom. The summed E-state index contributed by atoms with van der Waals surface area (Å²) in [6.45, 7) is 0.396. The lowest BCUT2D eigenvalue weighted by atomic mass is 10.2. The van der Waals surface area contributed by atoms with Crippen molar-refractivity contribution in [3.63, 3.8) is 0 Å². The molecule has 0 saturated carbocycles. The van der Waals surface area contributed by atoms with Gasteiger partial charge in [-0.25, -0.2) is 4.98 Å². The molecular formula is C13H12ClN3O2. The predicted octanol–water partition coefficient (Wildman–Crippen LogP) is 2.41. The van der Waals surface area contributed by atoms with Crippen LogP contribution in [0.25, 0.3) is 0 Å². The van der Waals surface area contributed by atoms with E-state index in [2.05, 4.69) is 10.1 Å². The van der Waals surface area contributed by atoms with E-state index in [1.807, 2.05) is 6.07 Å². The molecule has 0 radical (unpaired) electrons. The van der Waals surface area contributed by atoms with Crippen molar-refractivity contribution in [3.05, 3.63) is 58.9 Å². The van der Waals surface area contributed by atoms with Crippen LogP contribution < -0.4 is 10.5 Å². The summed E-state index contributed by atoms with van der Waals surface area (Å²) < 4.78 is 5.57. The number of aromatic nitrogens is 1. The smallest absolute Gasteiger partial charge is 0.170 e. The molecule has 0 aliphatic heterocycles. The molecule has 6 heteroatoms. The Balaban J connectivity index is 1.98. The van der Waals surface area contributed by atoms with Crippen molar-refractivity contribution in [2.75, 3.05) is 0 Å². The van der Waals surface area contributed by atoms with Crippen LogP contribution in [-0.4, -0.2) is 16.0 Å². The Bertz CT molecular complexity index is 567. The van der Waals surface area contributed by atoms with E-state index in [-0.39, 0.29) is 5.84 Å². The highest BCUT2D eigenvalue weighted by Crippen LogP contribution is 2.14. The standard InChI is InChI=1S/C13H12ClN3O2/c14-12-6-1-9(7-16-12)8-19-11-4-2-10(3-5-11)13(15)17-18/h1-7,18H,8H2,(H2,15,17). The van der Waals surface area contributed by atoms with Crippen molar-refractivity contribution in [1.29, 1.82) is 0 Å². The van der Waals surface area contributed by atoms with E-state index in [4.69, 9.17) is 27.3 Å². The Morgan fingerprint density at radius 1 is 1.26 bits per heavy atom. The first-order valence-corrected chi connectivity index (χ1v) is 5.88. The first-order valence-electron chi connectivity index (χ1n) is 5.50. The molecule has 1 aromatic heterocycles. The number of nitrogens with two attached hydrogens (primary N) is 1. The molecule has 2 aromatic rings. The zero-order chi connectivity index (χ0) is 13.7. The molecule has 19 heavy (non-hydrogen) atoms. The molecule has 0 spiro atoms. The van der Waals surface area contributed by atoms with Gasteiger partial charge in [0.1, 0.15) is 17.5 Å². The number of halogens is 1. The van der Waals surface area contributed by atoms with Crippen molar-refractivity contribution < 1.29 is 9.94 Å². The normalized spacial score (nSPS) is 11.3. The molecule has 0 bridgehead atoms. The van der Waals surface area contributed by atoms with Crippen LogP contribution in [0.1, 0.15) is 11.1 Å².